The van der Waals surface area contributed by atoms with Gasteiger partial charge < -0.3 is 15.0 Å². The third-order valence-corrected chi connectivity index (χ3v) is 3.65. The zero-order valence-corrected chi connectivity index (χ0v) is 12.8. The molecule has 1 atom stereocenters. The number of carbonyl (C=O) groups excluding carboxylic acids is 1. The van der Waals surface area contributed by atoms with Crippen molar-refractivity contribution in [1.82, 2.24) is 10.2 Å². The standard InChI is InChI=1S/C13H26N2O2.ClH/c1-13(2,12(16)17-4)6-8-15-7-5-11(10-15)9-14-3;/h11,14H,5-10H2,1-4H3;1H. The van der Waals surface area contributed by atoms with E-state index in [0.717, 1.165) is 38.5 Å². The van der Waals surface area contributed by atoms with Gasteiger partial charge in [0.15, 0.2) is 0 Å². The number of rotatable bonds is 6. The Morgan fingerprint density at radius 3 is 2.72 bits per heavy atom. The van der Waals surface area contributed by atoms with E-state index in [1.807, 2.05) is 20.9 Å². The number of hydrogen-bond donors (Lipinski definition) is 1. The van der Waals surface area contributed by atoms with Crippen molar-refractivity contribution in [2.75, 3.05) is 40.3 Å². The molecule has 0 aromatic carbocycles. The van der Waals surface area contributed by atoms with E-state index >= 15 is 0 Å². The van der Waals surface area contributed by atoms with E-state index in [9.17, 15) is 4.79 Å². The van der Waals surface area contributed by atoms with Gasteiger partial charge >= 0.3 is 5.97 Å². The van der Waals surface area contributed by atoms with E-state index in [-0.39, 0.29) is 23.8 Å². The molecule has 1 aliphatic heterocycles. The summed E-state index contributed by atoms with van der Waals surface area (Å²) in [6.07, 6.45) is 2.13. The van der Waals surface area contributed by atoms with E-state index in [1.165, 1.54) is 13.5 Å². The number of ether oxygens (including phenoxy) is 1. The van der Waals surface area contributed by atoms with Crippen LogP contribution < -0.4 is 5.32 Å². The Morgan fingerprint density at radius 2 is 2.17 bits per heavy atom. The first-order valence-corrected chi connectivity index (χ1v) is 6.45. The number of hydrogen-bond acceptors (Lipinski definition) is 4. The maximum atomic E-state index is 11.6. The molecule has 0 aromatic heterocycles. The molecule has 1 N–H and O–H groups in total. The van der Waals surface area contributed by atoms with E-state index in [2.05, 4.69) is 10.2 Å². The second kappa shape index (κ2) is 7.97. The van der Waals surface area contributed by atoms with Crippen LogP contribution in [0.3, 0.4) is 0 Å². The first kappa shape index (κ1) is 17.7. The molecule has 0 radical (unpaired) electrons. The van der Waals surface area contributed by atoms with Crippen molar-refractivity contribution in [1.29, 1.82) is 0 Å². The monoisotopic (exact) mass is 278 g/mol. The highest BCUT2D eigenvalue weighted by atomic mass is 35.5. The van der Waals surface area contributed by atoms with Gasteiger partial charge in [-0.3, -0.25) is 4.79 Å². The number of esters is 1. The minimum Gasteiger partial charge on any atom is -0.469 e. The van der Waals surface area contributed by atoms with Crippen LogP contribution in [0.15, 0.2) is 0 Å². The summed E-state index contributed by atoms with van der Waals surface area (Å²) in [5.74, 6) is 0.657. The first-order valence-electron chi connectivity index (χ1n) is 6.45. The van der Waals surface area contributed by atoms with Gasteiger partial charge in [-0.05, 0) is 59.3 Å². The second-order valence-corrected chi connectivity index (χ2v) is 5.64. The predicted molar refractivity (Wildman–Crippen MR) is 76.1 cm³/mol. The number of nitrogens with zero attached hydrogens (tertiary/aromatic N) is 1. The Kier molecular flexibility index (Phi) is 7.83. The summed E-state index contributed by atoms with van der Waals surface area (Å²) < 4.78 is 4.82. The summed E-state index contributed by atoms with van der Waals surface area (Å²) in [6.45, 7) is 8.31. The lowest BCUT2D eigenvalue weighted by Gasteiger charge is -2.24. The van der Waals surface area contributed by atoms with Crippen LogP contribution in [0.1, 0.15) is 26.7 Å². The molecule has 1 saturated heterocycles. The zero-order valence-electron chi connectivity index (χ0n) is 12.0. The molecule has 1 fully saturated rings. The van der Waals surface area contributed by atoms with E-state index in [0.29, 0.717) is 0 Å². The highest BCUT2D eigenvalue weighted by Gasteiger charge is 2.30. The van der Waals surface area contributed by atoms with Gasteiger partial charge in [-0.1, -0.05) is 0 Å². The molecular weight excluding hydrogens is 252 g/mol. The van der Waals surface area contributed by atoms with E-state index in [4.69, 9.17) is 4.74 Å². The summed E-state index contributed by atoms with van der Waals surface area (Å²) in [5.41, 5.74) is -0.365. The summed E-state index contributed by atoms with van der Waals surface area (Å²) in [4.78, 5) is 14.0. The summed E-state index contributed by atoms with van der Waals surface area (Å²) >= 11 is 0. The molecule has 0 aromatic rings. The van der Waals surface area contributed by atoms with Crippen molar-refractivity contribution < 1.29 is 9.53 Å². The minimum atomic E-state index is -0.365. The van der Waals surface area contributed by atoms with Gasteiger partial charge in [0, 0.05) is 6.54 Å². The van der Waals surface area contributed by atoms with Crippen LogP contribution in [-0.2, 0) is 9.53 Å². The normalized spacial score (nSPS) is 20.6. The minimum absolute atomic E-state index is 0. The van der Waals surface area contributed by atoms with Crippen molar-refractivity contribution >= 4 is 18.4 Å². The average Bonchev–Trinajstić information content (AvgIpc) is 2.74. The van der Waals surface area contributed by atoms with Gasteiger partial charge in [0.2, 0.25) is 0 Å². The highest BCUT2D eigenvalue weighted by Crippen LogP contribution is 2.24. The van der Waals surface area contributed by atoms with Crippen LogP contribution in [0.4, 0.5) is 0 Å². The molecule has 5 heteroatoms. The van der Waals surface area contributed by atoms with Crippen LogP contribution >= 0.6 is 12.4 Å². The zero-order chi connectivity index (χ0) is 12.9. The third-order valence-electron chi connectivity index (χ3n) is 3.65. The van der Waals surface area contributed by atoms with Gasteiger partial charge in [-0.25, -0.2) is 0 Å². The Hall–Kier alpha value is -0.320. The Morgan fingerprint density at radius 1 is 1.50 bits per heavy atom. The first-order chi connectivity index (χ1) is 7.99. The van der Waals surface area contributed by atoms with Crippen molar-refractivity contribution in [3.05, 3.63) is 0 Å². The average molecular weight is 279 g/mol. The van der Waals surface area contributed by atoms with Gasteiger partial charge in [-0.2, -0.15) is 0 Å². The maximum absolute atomic E-state index is 11.6. The SMILES string of the molecule is CNCC1CCN(CCC(C)(C)C(=O)OC)C1.Cl. The third kappa shape index (κ3) is 5.12. The van der Waals surface area contributed by atoms with Crippen molar-refractivity contribution in [3.8, 4) is 0 Å². The second-order valence-electron chi connectivity index (χ2n) is 5.64. The van der Waals surface area contributed by atoms with Crippen molar-refractivity contribution in [3.63, 3.8) is 0 Å². The van der Waals surface area contributed by atoms with Crippen LogP contribution in [-0.4, -0.2) is 51.2 Å². The smallest absolute Gasteiger partial charge is 0.311 e. The maximum Gasteiger partial charge on any atom is 0.311 e. The van der Waals surface area contributed by atoms with Gasteiger partial charge in [0.25, 0.3) is 0 Å². The highest BCUT2D eigenvalue weighted by molar-refractivity contribution is 5.85. The Balaban J connectivity index is 0.00000289. The molecule has 0 bridgehead atoms. The number of halogens is 1. The van der Waals surface area contributed by atoms with E-state index < -0.39 is 0 Å². The van der Waals surface area contributed by atoms with E-state index in [1.54, 1.807) is 0 Å². The Bertz CT molecular complexity index is 259. The van der Waals surface area contributed by atoms with Crippen molar-refractivity contribution in [2.45, 2.75) is 26.7 Å². The molecule has 1 aliphatic rings. The molecule has 0 spiro atoms. The number of likely N-dealkylation sites (tertiary alicyclic amines) is 1. The Labute approximate surface area is 117 Å². The molecule has 0 aliphatic carbocycles. The van der Waals surface area contributed by atoms with Gasteiger partial charge in [-0.15, -0.1) is 12.4 Å². The molecule has 18 heavy (non-hydrogen) atoms. The number of nitrogens with one attached hydrogen (secondary N) is 1. The van der Waals surface area contributed by atoms with Gasteiger partial charge in [0.05, 0.1) is 12.5 Å². The van der Waals surface area contributed by atoms with Crippen molar-refractivity contribution in [2.24, 2.45) is 11.3 Å². The lowest BCUT2D eigenvalue weighted by molar-refractivity contribution is -0.151. The fourth-order valence-corrected chi connectivity index (χ4v) is 2.39. The van der Waals surface area contributed by atoms with Gasteiger partial charge in [0.1, 0.15) is 0 Å². The van der Waals surface area contributed by atoms with Crippen LogP contribution in [0.25, 0.3) is 0 Å². The summed E-state index contributed by atoms with van der Waals surface area (Å²) in [6, 6.07) is 0. The molecule has 1 rings (SSSR count). The molecular formula is C13H27ClN2O2. The molecule has 1 unspecified atom stereocenters. The number of methoxy groups -OCH3 is 1. The predicted octanol–water partition coefficient (Wildman–Crippen LogP) is 1.54. The van der Waals surface area contributed by atoms with Crippen LogP contribution in [0, 0.1) is 11.3 Å². The van der Waals surface area contributed by atoms with Crippen LogP contribution in [0.5, 0.6) is 0 Å². The molecule has 0 saturated carbocycles. The number of carbonyl (C=O) groups is 1. The fourth-order valence-electron chi connectivity index (χ4n) is 2.39. The molecule has 4 nitrogen and oxygen atoms in total. The fraction of sp³-hybridized carbons (Fsp3) is 0.923. The molecule has 108 valence electrons. The summed E-state index contributed by atoms with van der Waals surface area (Å²) in [5, 5.41) is 3.23. The topological polar surface area (TPSA) is 41.6 Å². The van der Waals surface area contributed by atoms with Crippen LogP contribution in [0.2, 0.25) is 0 Å². The largest absolute Gasteiger partial charge is 0.469 e. The lowest BCUT2D eigenvalue weighted by atomic mass is 9.89. The molecule has 1 heterocycles. The lowest BCUT2D eigenvalue weighted by Crippen LogP contribution is -2.32. The summed E-state index contributed by atoms with van der Waals surface area (Å²) in [7, 11) is 3.46. The quantitative estimate of drug-likeness (QED) is 0.749. The molecule has 0 amide bonds.